The molecule has 0 radical (unpaired) electrons. The molecule has 0 aromatic rings. The topological polar surface area (TPSA) is 43.4 Å². The summed E-state index contributed by atoms with van der Waals surface area (Å²) in [4.78, 5) is 25.1. The van der Waals surface area contributed by atoms with E-state index < -0.39 is 0 Å². The van der Waals surface area contributed by atoms with Gasteiger partial charge in [-0.25, -0.2) is 0 Å². The van der Waals surface area contributed by atoms with Crippen LogP contribution in [0, 0.1) is 46.3 Å². The fraction of sp³-hybridized carbons (Fsp3) is 0.862. The number of hydrogen-bond donors (Lipinski definition) is 0. The second-order valence-corrected chi connectivity index (χ2v) is 12.7. The molecular formula is C29H46O3. The van der Waals surface area contributed by atoms with Crippen LogP contribution in [0.1, 0.15) is 106 Å². The zero-order valence-electron chi connectivity index (χ0n) is 21.4. The smallest absolute Gasteiger partial charge is 0.302 e. The number of ketones is 1. The van der Waals surface area contributed by atoms with Crippen molar-refractivity contribution in [1.29, 1.82) is 0 Å². The van der Waals surface area contributed by atoms with Gasteiger partial charge in [-0.15, -0.1) is 0 Å². The lowest BCUT2D eigenvalue weighted by Crippen LogP contribution is -2.53. The summed E-state index contributed by atoms with van der Waals surface area (Å²) in [6, 6.07) is 0. The standard InChI is InChI=1S/C29H46O3/c1-18(2)8-7-9-19(3)23-10-11-24-27-25(13-15-29(23,24)6)28(5)14-12-22(32-20(4)30)16-21(28)17-26(27)31/h17-19,22-25,27H,7-16H2,1-6H3/t19-,22+,23+,24-,25-,27-,28-,29+/m0/s1. The molecule has 4 aliphatic carbocycles. The SMILES string of the molecule is CC(=O)O[C@@H]1CC[C@@]2(C)C(=CC(=O)[C@H]3[C@@H]4CC[C@H]([C@@H](C)CCCC(C)C)[C@@]4(C)CC[C@@H]32)C1. The quantitative estimate of drug-likeness (QED) is 0.411. The summed E-state index contributed by atoms with van der Waals surface area (Å²) in [6.07, 6.45) is 13.7. The van der Waals surface area contributed by atoms with Gasteiger partial charge in [-0.2, -0.15) is 0 Å². The van der Waals surface area contributed by atoms with Crippen molar-refractivity contribution in [2.75, 3.05) is 0 Å². The van der Waals surface area contributed by atoms with E-state index in [-0.39, 0.29) is 23.4 Å². The zero-order valence-corrected chi connectivity index (χ0v) is 21.4. The molecule has 0 spiro atoms. The summed E-state index contributed by atoms with van der Waals surface area (Å²) in [5.41, 5.74) is 1.70. The number of rotatable bonds is 6. The number of carbonyl (C=O) groups is 2. The van der Waals surface area contributed by atoms with Crippen molar-refractivity contribution in [2.45, 2.75) is 112 Å². The first-order chi connectivity index (χ1) is 15.1. The Morgan fingerprint density at radius 1 is 1.06 bits per heavy atom. The van der Waals surface area contributed by atoms with Crippen LogP contribution in [0.2, 0.25) is 0 Å². The van der Waals surface area contributed by atoms with Crippen LogP contribution in [0.3, 0.4) is 0 Å². The molecule has 32 heavy (non-hydrogen) atoms. The molecule has 180 valence electrons. The zero-order chi connectivity index (χ0) is 23.3. The average Bonchev–Trinajstić information content (AvgIpc) is 3.05. The first-order valence-electron chi connectivity index (χ1n) is 13.5. The summed E-state index contributed by atoms with van der Waals surface area (Å²) in [6.45, 7) is 13.6. The molecule has 0 N–H and O–H groups in total. The maximum absolute atomic E-state index is 13.6. The first-order valence-corrected chi connectivity index (χ1v) is 13.5. The largest absolute Gasteiger partial charge is 0.462 e. The van der Waals surface area contributed by atoms with Crippen molar-refractivity contribution in [2.24, 2.45) is 46.3 Å². The van der Waals surface area contributed by atoms with Crippen LogP contribution >= 0.6 is 0 Å². The molecular weight excluding hydrogens is 396 g/mol. The summed E-state index contributed by atoms with van der Waals surface area (Å²) in [7, 11) is 0. The molecule has 3 fully saturated rings. The molecule has 0 saturated heterocycles. The highest BCUT2D eigenvalue weighted by molar-refractivity contribution is 5.94. The molecule has 0 amide bonds. The van der Waals surface area contributed by atoms with Gasteiger partial charge in [0.15, 0.2) is 5.78 Å². The van der Waals surface area contributed by atoms with Gasteiger partial charge in [0, 0.05) is 19.3 Å². The fourth-order valence-corrected chi connectivity index (χ4v) is 8.73. The minimum atomic E-state index is -0.202. The second-order valence-electron chi connectivity index (χ2n) is 12.7. The van der Waals surface area contributed by atoms with Crippen LogP contribution in [-0.2, 0) is 14.3 Å². The van der Waals surface area contributed by atoms with E-state index in [9.17, 15) is 9.59 Å². The van der Waals surface area contributed by atoms with E-state index in [2.05, 4.69) is 34.6 Å². The van der Waals surface area contributed by atoms with E-state index in [1.165, 1.54) is 57.4 Å². The van der Waals surface area contributed by atoms with Crippen molar-refractivity contribution >= 4 is 11.8 Å². The predicted molar refractivity (Wildman–Crippen MR) is 129 cm³/mol. The van der Waals surface area contributed by atoms with Crippen molar-refractivity contribution in [3.63, 3.8) is 0 Å². The Balaban J connectivity index is 1.52. The third kappa shape index (κ3) is 4.11. The molecule has 0 bridgehead atoms. The monoisotopic (exact) mass is 442 g/mol. The van der Waals surface area contributed by atoms with Crippen LogP contribution in [0.25, 0.3) is 0 Å². The van der Waals surface area contributed by atoms with Crippen molar-refractivity contribution in [1.82, 2.24) is 0 Å². The third-order valence-electron chi connectivity index (χ3n) is 10.4. The number of ether oxygens (including phenoxy) is 1. The highest BCUT2D eigenvalue weighted by atomic mass is 16.5. The van der Waals surface area contributed by atoms with E-state index in [0.29, 0.717) is 23.0 Å². The number of esters is 1. The molecule has 8 atom stereocenters. The minimum Gasteiger partial charge on any atom is -0.462 e. The van der Waals surface area contributed by atoms with Crippen molar-refractivity contribution < 1.29 is 14.3 Å². The molecule has 4 aliphatic rings. The van der Waals surface area contributed by atoms with Crippen LogP contribution < -0.4 is 0 Å². The summed E-state index contributed by atoms with van der Waals surface area (Å²) in [5, 5.41) is 0. The third-order valence-corrected chi connectivity index (χ3v) is 10.4. The van der Waals surface area contributed by atoms with Gasteiger partial charge in [0.25, 0.3) is 0 Å². The van der Waals surface area contributed by atoms with Gasteiger partial charge < -0.3 is 4.74 Å². The molecule has 0 aliphatic heterocycles. The molecule has 0 heterocycles. The van der Waals surface area contributed by atoms with Gasteiger partial charge in [-0.05, 0) is 85.0 Å². The number of allylic oxidation sites excluding steroid dienone is 1. The second kappa shape index (κ2) is 8.91. The molecule has 0 aromatic heterocycles. The lowest BCUT2D eigenvalue weighted by Gasteiger charge is -2.57. The van der Waals surface area contributed by atoms with Crippen molar-refractivity contribution in [3.05, 3.63) is 11.6 Å². The lowest BCUT2D eigenvalue weighted by atomic mass is 9.46. The van der Waals surface area contributed by atoms with Crippen LogP contribution in [0.15, 0.2) is 11.6 Å². The maximum atomic E-state index is 13.6. The molecule has 0 aromatic carbocycles. The first kappa shape index (κ1) is 24.0. The van der Waals surface area contributed by atoms with Gasteiger partial charge in [-0.1, -0.05) is 59.5 Å². The highest BCUT2D eigenvalue weighted by Gasteiger charge is 2.61. The van der Waals surface area contributed by atoms with E-state index in [4.69, 9.17) is 4.74 Å². The molecule has 3 heteroatoms. The van der Waals surface area contributed by atoms with E-state index in [1.54, 1.807) is 0 Å². The molecule has 3 saturated carbocycles. The minimum absolute atomic E-state index is 0.0485. The Labute approximate surface area is 196 Å². The van der Waals surface area contributed by atoms with Gasteiger partial charge in [-0.3, -0.25) is 9.59 Å². The summed E-state index contributed by atoms with van der Waals surface area (Å²) < 4.78 is 5.54. The predicted octanol–water partition coefficient (Wildman–Crippen LogP) is 7.14. The molecule has 3 nitrogen and oxygen atoms in total. The van der Waals surface area contributed by atoms with Crippen LogP contribution in [-0.4, -0.2) is 17.9 Å². The Morgan fingerprint density at radius 2 is 1.81 bits per heavy atom. The molecule has 0 unspecified atom stereocenters. The van der Waals surface area contributed by atoms with E-state index >= 15 is 0 Å². The van der Waals surface area contributed by atoms with E-state index in [0.717, 1.165) is 37.0 Å². The highest BCUT2D eigenvalue weighted by Crippen LogP contribution is 2.66. The Kier molecular flexibility index (Phi) is 6.69. The van der Waals surface area contributed by atoms with Gasteiger partial charge in [0.2, 0.25) is 0 Å². The summed E-state index contributed by atoms with van der Waals surface area (Å²) >= 11 is 0. The lowest BCUT2D eigenvalue weighted by molar-refractivity contribution is -0.149. The van der Waals surface area contributed by atoms with Crippen LogP contribution in [0.4, 0.5) is 0 Å². The maximum Gasteiger partial charge on any atom is 0.302 e. The Hall–Kier alpha value is -1.12. The summed E-state index contributed by atoms with van der Waals surface area (Å²) in [5.74, 6) is 3.74. The normalized spacial score (nSPS) is 42.0. The van der Waals surface area contributed by atoms with Gasteiger partial charge >= 0.3 is 5.97 Å². The fourth-order valence-electron chi connectivity index (χ4n) is 8.73. The number of fused-ring (bicyclic) bond motifs is 5. The van der Waals surface area contributed by atoms with Gasteiger partial charge in [0.05, 0.1) is 0 Å². The molecule has 4 rings (SSSR count). The van der Waals surface area contributed by atoms with Gasteiger partial charge in [0.1, 0.15) is 6.10 Å². The Morgan fingerprint density at radius 3 is 2.50 bits per heavy atom. The number of hydrogen-bond acceptors (Lipinski definition) is 3. The number of carbonyl (C=O) groups excluding carboxylic acids is 2. The average molecular weight is 443 g/mol. The van der Waals surface area contributed by atoms with E-state index in [1.807, 2.05) is 6.08 Å². The van der Waals surface area contributed by atoms with Crippen LogP contribution in [0.5, 0.6) is 0 Å². The Bertz CT molecular complexity index is 766. The van der Waals surface area contributed by atoms with Crippen molar-refractivity contribution in [3.8, 4) is 0 Å².